The molecular weight excluding hydrogens is 444 g/mol. The summed E-state index contributed by atoms with van der Waals surface area (Å²) < 4.78 is 11.0. The maximum absolute atomic E-state index is 12.2. The summed E-state index contributed by atoms with van der Waals surface area (Å²) >= 11 is 0. The first kappa shape index (κ1) is 35.0. The van der Waals surface area contributed by atoms with Gasteiger partial charge in [-0.1, -0.05) is 136 Å². The van der Waals surface area contributed by atoms with Gasteiger partial charge in [-0.3, -0.25) is 0 Å². The predicted molar refractivity (Wildman–Crippen MR) is 158 cm³/mol. The summed E-state index contributed by atoms with van der Waals surface area (Å²) in [5.74, 6) is 0.464. The van der Waals surface area contributed by atoms with E-state index >= 15 is 0 Å². The second kappa shape index (κ2) is 28.6. The number of hydrogen-bond acceptors (Lipinski definition) is 3. The first-order valence-electron chi connectivity index (χ1n) is 16.1. The van der Waals surface area contributed by atoms with Gasteiger partial charge in [0.1, 0.15) is 6.10 Å². The predicted octanol–water partition coefficient (Wildman–Crippen LogP) is 11.7. The summed E-state index contributed by atoms with van der Waals surface area (Å²) in [6.45, 7) is 9.31. The second-order valence-corrected chi connectivity index (χ2v) is 11.0. The molecule has 0 aliphatic rings. The summed E-state index contributed by atoms with van der Waals surface area (Å²) in [6.07, 6.45) is 33.3. The Morgan fingerprint density at radius 3 is 1.56 bits per heavy atom. The Bertz CT molecular complexity index is 474. The van der Waals surface area contributed by atoms with Gasteiger partial charge in [-0.05, 0) is 57.8 Å². The van der Waals surface area contributed by atoms with Gasteiger partial charge in [0.15, 0.2) is 0 Å². The lowest BCUT2D eigenvalue weighted by atomic mass is 9.90. The topological polar surface area (TPSA) is 35.5 Å². The Kier molecular flexibility index (Phi) is 27.8. The molecule has 0 aliphatic carbocycles. The quantitative estimate of drug-likeness (QED) is 0.0628. The number of ether oxygens (including phenoxy) is 2. The number of allylic oxidation sites excluding steroid dienone is 2. The van der Waals surface area contributed by atoms with E-state index in [0.29, 0.717) is 12.5 Å². The molecule has 0 aromatic carbocycles. The molecule has 2 atom stereocenters. The van der Waals surface area contributed by atoms with Gasteiger partial charge in [-0.2, -0.15) is 0 Å². The zero-order valence-corrected chi connectivity index (χ0v) is 25.0. The standard InChI is InChI=1S/C33H64O3/c1-5-8-11-13-14-15-16-17-18-19-20-21-22-23-24-27-30-35-33(34)36-31(4)32(28-25-10-7-3)29-26-12-9-6-2/h17-18,31-32H,5-16,19-30H2,1-4H3/b18-17-. The van der Waals surface area contributed by atoms with Crippen LogP contribution in [0.4, 0.5) is 4.79 Å². The van der Waals surface area contributed by atoms with Crippen LogP contribution in [0.5, 0.6) is 0 Å². The van der Waals surface area contributed by atoms with Gasteiger partial charge in [0, 0.05) is 0 Å². The van der Waals surface area contributed by atoms with E-state index in [1.165, 1.54) is 122 Å². The van der Waals surface area contributed by atoms with Crippen molar-refractivity contribution in [2.45, 2.75) is 181 Å². The highest BCUT2D eigenvalue weighted by Gasteiger charge is 2.21. The van der Waals surface area contributed by atoms with Gasteiger partial charge < -0.3 is 9.47 Å². The third kappa shape index (κ3) is 24.7. The highest BCUT2D eigenvalue weighted by molar-refractivity contribution is 5.60. The van der Waals surface area contributed by atoms with Crippen molar-refractivity contribution in [3.05, 3.63) is 12.2 Å². The molecule has 0 spiro atoms. The lowest BCUT2D eigenvalue weighted by molar-refractivity contribution is 0.00474. The van der Waals surface area contributed by atoms with Crippen molar-refractivity contribution >= 4 is 6.16 Å². The van der Waals surface area contributed by atoms with E-state index in [4.69, 9.17) is 9.47 Å². The van der Waals surface area contributed by atoms with Gasteiger partial charge in [-0.25, -0.2) is 4.79 Å². The van der Waals surface area contributed by atoms with Crippen molar-refractivity contribution in [1.29, 1.82) is 0 Å². The fourth-order valence-electron chi connectivity index (χ4n) is 4.89. The van der Waals surface area contributed by atoms with Crippen molar-refractivity contribution in [2.75, 3.05) is 6.61 Å². The molecule has 0 aromatic rings. The molecule has 3 heteroatoms. The Morgan fingerprint density at radius 1 is 0.583 bits per heavy atom. The van der Waals surface area contributed by atoms with Crippen molar-refractivity contribution in [1.82, 2.24) is 0 Å². The molecule has 0 heterocycles. The minimum atomic E-state index is -0.468. The first-order valence-corrected chi connectivity index (χ1v) is 16.1. The third-order valence-electron chi connectivity index (χ3n) is 7.43. The maximum Gasteiger partial charge on any atom is 0.508 e. The molecule has 0 rings (SSSR count). The smallest absolute Gasteiger partial charge is 0.434 e. The molecule has 0 N–H and O–H groups in total. The SMILES string of the molecule is CCCCCCCC/C=C\CCCCCCCCOC(=O)OC(C)C(CCCCC)CCCCCC. The van der Waals surface area contributed by atoms with Crippen molar-refractivity contribution in [3.8, 4) is 0 Å². The number of rotatable bonds is 27. The van der Waals surface area contributed by atoms with Crippen molar-refractivity contribution in [3.63, 3.8) is 0 Å². The number of unbranched alkanes of at least 4 members (excludes halogenated alkanes) is 17. The first-order chi connectivity index (χ1) is 17.7. The lowest BCUT2D eigenvalue weighted by Crippen LogP contribution is -2.25. The van der Waals surface area contributed by atoms with Crippen LogP contribution in [0.2, 0.25) is 0 Å². The van der Waals surface area contributed by atoms with Crippen LogP contribution in [-0.4, -0.2) is 18.9 Å². The monoisotopic (exact) mass is 508 g/mol. The van der Waals surface area contributed by atoms with E-state index in [-0.39, 0.29) is 6.10 Å². The van der Waals surface area contributed by atoms with Crippen molar-refractivity contribution in [2.24, 2.45) is 5.92 Å². The van der Waals surface area contributed by atoms with Gasteiger partial charge >= 0.3 is 6.16 Å². The number of carbonyl (C=O) groups excluding carboxylic acids is 1. The van der Waals surface area contributed by atoms with Gasteiger partial charge in [0.2, 0.25) is 0 Å². The summed E-state index contributed by atoms with van der Waals surface area (Å²) in [7, 11) is 0. The van der Waals surface area contributed by atoms with Gasteiger partial charge in [0.25, 0.3) is 0 Å². The Morgan fingerprint density at radius 2 is 1.00 bits per heavy atom. The van der Waals surface area contributed by atoms with E-state index in [2.05, 4.69) is 39.8 Å². The fraction of sp³-hybridized carbons (Fsp3) is 0.909. The number of hydrogen-bond donors (Lipinski definition) is 0. The lowest BCUT2D eigenvalue weighted by Gasteiger charge is -2.24. The van der Waals surface area contributed by atoms with E-state index in [0.717, 1.165) is 25.7 Å². The summed E-state index contributed by atoms with van der Waals surface area (Å²) in [6, 6.07) is 0. The van der Waals surface area contributed by atoms with E-state index in [1.54, 1.807) is 0 Å². The van der Waals surface area contributed by atoms with Crippen LogP contribution in [-0.2, 0) is 9.47 Å². The highest BCUT2D eigenvalue weighted by Crippen LogP contribution is 2.23. The minimum Gasteiger partial charge on any atom is -0.434 e. The summed E-state index contributed by atoms with van der Waals surface area (Å²) in [4.78, 5) is 12.2. The van der Waals surface area contributed by atoms with Crippen LogP contribution in [0, 0.1) is 5.92 Å². The zero-order chi connectivity index (χ0) is 26.5. The normalized spacial score (nSPS) is 13.2. The van der Waals surface area contributed by atoms with Crippen LogP contribution in [0.25, 0.3) is 0 Å². The molecule has 0 fully saturated rings. The van der Waals surface area contributed by atoms with Crippen LogP contribution in [0.3, 0.4) is 0 Å². The Labute approximate surface area is 226 Å². The molecule has 36 heavy (non-hydrogen) atoms. The average molecular weight is 509 g/mol. The Balaban J connectivity index is 3.70. The summed E-state index contributed by atoms with van der Waals surface area (Å²) in [5.41, 5.74) is 0. The maximum atomic E-state index is 12.2. The molecule has 2 unspecified atom stereocenters. The van der Waals surface area contributed by atoms with Gasteiger partial charge in [-0.15, -0.1) is 0 Å². The molecular formula is C33H64O3. The average Bonchev–Trinajstić information content (AvgIpc) is 2.87. The third-order valence-corrected chi connectivity index (χ3v) is 7.43. The molecule has 0 radical (unpaired) electrons. The van der Waals surface area contributed by atoms with Crippen molar-refractivity contribution < 1.29 is 14.3 Å². The molecule has 0 saturated carbocycles. The van der Waals surface area contributed by atoms with Crippen LogP contribution in [0.1, 0.15) is 175 Å². The molecule has 214 valence electrons. The molecule has 0 bridgehead atoms. The van der Waals surface area contributed by atoms with Crippen LogP contribution in [0.15, 0.2) is 12.2 Å². The number of carbonyl (C=O) groups is 1. The fourth-order valence-corrected chi connectivity index (χ4v) is 4.89. The largest absolute Gasteiger partial charge is 0.508 e. The highest BCUT2D eigenvalue weighted by atomic mass is 16.7. The zero-order valence-electron chi connectivity index (χ0n) is 25.0. The van der Waals surface area contributed by atoms with E-state index in [1.807, 2.05) is 0 Å². The second-order valence-electron chi connectivity index (χ2n) is 11.0. The van der Waals surface area contributed by atoms with E-state index < -0.39 is 6.16 Å². The molecule has 0 aromatic heterocycles. The summed E-state index contributed by atoms with van der Waals surface area (Å²) in [5, 5.41) is 0. The van der Waals surface area contributed by atoms with E-state index in [9.17, 15) is 4.79 Å². The Hall–Kier alpha value is -0.990. The molecule has 0 aliphatic heterocycles. The molecule has 0 amide bonds. The molecule has 3 nitrogen and oxygen atoms in total. The van der Waals surface area contributed by atoms with Crippen LogP contribution < -0.4 is 0 Å². The van der Waals surface area contributed by atoms with Gasteiger partial charge in [0.05, 0.1) is 6.61 Å². The molecule has 0 saturated heterocycles. The minimum absolute atomic E-state index is 0.0455. The van der Waals surface area contributed by atoms with Crippen LogP contribution >= 0.6 is 0 Å².